The first-order valence-electron chi connectivity index (χ1n) is 6.26. The molecular formula is C14H18FNO3S. The summed E-state index contributed by atoms with van der Waals surface area (Å²) in [6, 6.07) is 5.85. The third-order valence-electron chi connectivity index (χ3n) is 2.44. The lowest BCUT2D eigenvalue weighted by molar-refractivity contribution is -0.143. The summed E-state index contributed by atoms with van der Waals surface area (Å²) in [6.45, 7) is 3.97. The van der Waals surface area contributed by atoms with Crippen LogP contribution in [0.2, 0.25) is 0 Å². The lowest BCUT2D eigenvalue weighted by atomic mass is 10.2. The Morgan fingerprint density at radius 3 is 2.40 bits per heavy atom. The van der Waals surface area contributed by atoms with Crippen LogP contribution < -0.4 is 0 Å². The second-order valence-corrected chi connectivity index (χ2v) is 5.85. The Morgan fingerprint density at radius 1 is 1.30 bits per heavy atom. The zero-order valence-electron chi connectivity index (χ0n) is 11.5. The van der Waals surface area contributed by atoms with Gasteiger partial charge in [0.1, 0.15) is 12.4 Å². The number of hydrogen-bond acceptors (Lipinski definition) is 3. The van der Waals surface area contributed by atoms with Crippen LogP contribution in [0.15, 0.2) is 29.2 Å². The quantitative estimate of drug-likeness (QED) is 0.786. The van der Waals surface area contributed by atoms with Gasteiger partial charge in [0.15, 0.2) is 0 Å². The van der Waals surface area contributed by atoms with Crippen molar-refractivity contribution in [3.8, 4) is 0 Å². The zero-order valence-corrected chi connectivity index (χ0v) is 12.3. The number of carbonyl (C=O) groups is 2. The molecule has 1 aromatic rings. The first-order valence-corrected chi connectivity index (χ1v) is 7.25. The molecule has 0 aliphatic heterocycles. The molecule has 0 radical (unpaired) electrons. The monoisotopic (exact) mass is 299 g/mol. The Hall–Kier alpha value is -1.56. The largest absolute Gasteiger partial charge is 0.480 e. The summed E-state index contributed by atoms with van der Waals surface area (Å²) in [5.74, 6) is -1.23. The van der Waals surface area contributed by atoms with Crippen molar-refractivity contribution in [1.29, 1.82) is 0 Å². The van der Waals surface area contributed by atoms with Gasteiger partial charge >= 0.3 is 5.97 Å². The first kappa shape index (κ1) is 16.5. The van der Waals surface area contributed by atoms with E-state index in [1.54, 1.807) is 12.1 Å². The Labute approximate surface area is 122 Å². The second-order valence-electron chi connectivity index (χ2n) is 4.80. The predicted molar refractivity (Wildman–Crippen MR) is 76.2 cm³/mol. The number of aliphatic carboxylic acids is 1. The van der Waals surface area contributed by atoms with Gasteiger partial charge in [-0.2, -0.15) is 0 Å². The summed E-state index contributed by atoms with van der Waals surface area (Å²) in [5, 5.41) is 8.82. The Bertz CT molecular complexity index is 462. The summed E-state index contributed by atoms with van der Waals surface area (Å²) in [4.78, 5) is 24.9. The molecule has 0 spiro atoms. The van der Waals surface area contributed by atoms with E-state index >= 15 is 0 Å². The molecule has 20 heavy (non-hydrogen) atoms. The van der Waals surface area contributed by atoms with Gasteiger partial charge in [-0.25, -0.2) is 4.39 Å². The molecule has 0 atom stereocenters. The molecule has 0 heterocycles. The number of hydrogen-bond donors (Lipinski definition) is 1. The number of benzene rings is 1. The lowest BCUT2D eigenvalue weighted by Gasteiger charge is -2.22. The van der Waals surface area contributed by atoms with Crippen LogP contribution in [0.3, 0.4) is 0 Å². The highest BCUT2D eigenvalue weighted by Crippen LogP contribution is 2.18. The number of amides is 1. The molecule has 0 aliphatic carbocycles. The minimum absolute atomic E-state index is 0.144. The summed E-state index contributed by atoms with van der Waals surface area (Å²) in [5.41, 5.74) is 0. The molecule has 1 N–H and O–H groups in total. The maximum atomic E-state index is 12.8. The predicted octanol–water partition coefficient (Wildman–Crippen LogP) is 2.49. The molecule has 0 bridgehead atoms. The molecule has 1 amide bonds. The molecule has 1 rings (SSSR count). The van der Waals surface area contributed by atoms with E-state index in [-0.39, 0.29) is 29.9 Å². The first-order chi connectivity index (χ1) is 9.38. The Morgan fingerprint density at radius 2 is 1.90 bits per heavy atom. The number of rotatable bonds is 7. The molecule has 0 saturated heterocycles. The van der Waals surface area contributed by atoms with Gasteiger partial charge in [-0.1, -0.05) is 13.8 Å². The van der Waals surface area contributed by atoms with Gasteiger partial charge in [0.25, 0.3) is 0 Å². The van der Waals surface area contributed by atoms with Crippen LogP contribution in [0.1, 0.15) is 13.8 Å². The topological polar surface area (TPSA) is 57.6 Å². The Kier molecular flexibility index (Phi) is 6.51. The van der Waals surface area contributed by atoms with Gasteiger partial charge in [0.05, 0.1) is 5.75 Å². The van der Waals surface area contributed by atoms with Crippen molar-refractivity contribution in [3.05, 3.63) is 30.1 Å². The molecule has 0 unspecified atom stereocenters. The SMILES string of the molecule is CC(C)CN(CC(=O)O)C(=O)CSc1ccc(F)cc1. The van der Waals surface area contributed by atoms with Crippen molar-refractivity contribution in [1.82, 2.24) is 4.90 Å². The van der Waals surface area contributed by atoms with Crippen LogP contribution in [0, 0.1) is 11.7 Å². The van der Waals surface area contributed by atoms with Crippen LogP contribution in [0.4, 0.5) is 4.39 Å². The van der Waals surface area contributed by atoms with E-state index in [1.807, 2.05) is 13.8 Å². The van der Waals surface area contributed by atoms with Crippen molar-refractivity contribution in [2.45, 2.75) is 18.7 Å². The number of halogens is 1. The molecular weight excluding hydrogens is 281 g/mol. The van der Waals surface area contributed by atoms with Crippen molar-refractivity contribution < 1.29 is 19.1 Å². The summed E-state index contributed by atoms with van der Waals surface area (Å²) >= 11 is 1.27. The average Bonchev–Trinajstić information content (AvgIpc) is 2.36. The molecule has 1 aromatic carbocycles. The van der Waals surface area contributed by atoms with Crippen LogP contribution in [-0.4, -0.2) is 40.7 Å². The van der Waals surface area contributed by atoms with E-state index in [2.05, 4.69) is 0 Å². The molecule has 0 aromatic heterocycles. The van der Waals surface area contributed by atoms with Crippen molar-refractivity contribution >= 4 is 23.6 Å². The third-order valence-corrected chi connectivity index (χ3v) is 3.44. The fraction of sp³-hybridized carbons (Fsp3) is 0.429. The number of carbonyl (C=O) groups excluding carboxylic acids is 1. The van der Waals surface area contributed by atoms with Crippen LogP contribution >= 0.6 is 11.8 Å². The lowest BCUT2D eigenvalue weighted by Crippen LogP contribution is -2.39. The van der Waals surface area contributed by atoms with E-state index in [9.17, 15) is 14.0 Å². The van der Waals surface area contributed by atoms with Gasteiger partial charge in [0.2, 0.25) is 5.91 Å². The average molecular weight is 299 g/mol. The highest BCUT2D eigenvalue weighted by atomic mass is 32.2. The van der Waals surface area contributed by atoms with Crippen LogP contribution in [0.5, 0.6) is 0 Å². The van der Waals surface area contributed by atoms with E-state index in [0.717, 1.165) is 4.90 Å². The maximum absolute atomic E-state index is 12.8. The fourth-order valence-electron chi connectivity index (χ4n) is 1.63. The van der Waals surface area contributed by atoms with Gasteiger partial charge < -0.3 is 10.0 Å². The highest BCUT2D eigenvalue weighted by Gasteiger charge is 2.17. The van der Waals surface area contributed by atoms with Crippen molar-refractivity contribution in [2.24, 2.45) is 5.92 Å². The molecule has 4 nitrogen and oxygen atoms in total. The number of carboxylic acid groups (broad SMARTS) is 1. The van der Waals surface area contributed by atoms with Crippen molar-refractivity contribution in [2.75, 3.05) is 18.8 Å². The summed E-state index contributed by atoms with van der Waals surface area (Å²) < 4.78 is 12.8. The normalized spacial score (nSPS) is 10.6. The van der Waals surface area contributed by atoms with Gasteiger partial charge in [-0.05, 0) is 30.2 Å². The summed E-state index contributed by atoms with van der Waals surface area (Å²) in [6.07, 6.45) is 0. The smallest absolute Gasteiger partial charge is 0.323 e. The number of nitrogens with zero attached hydrogens (tertiary/aromatic N) is 1. The molecule has 0 saturated carbocycles. The fourth-order valence-corrected chi connectivity index (χ4v) is 2.43. The molecule has 6 heteroatoms. The minimum atomic E-state index is -1.02. The van der Waals surface area contributed by atoms with Crippen LogP contribution in [0.25, 0.3) is 0 Å². The van der Waals surface area contributed by atoms with Crippen molar-refractivity contribution in [3.63, 3.8) is 0 Å². The van der Waals surface area contributed by atoms with E-state index in [0.29, 0.717) is 6.54 Å². The standard InChI is InChI=1S/C14H18FNO3S/c1-10(2)7-16(8-14(18)19)13(17)9-20-12-5-3-11(15)4-6-12/h3-6,10H,7-9H2,1-2H3,(H,18,19). The van der Waals surface area contributed by atoms with E-state index in [1.165, 1.54) is 28.8 Å². The van der Waals surface area contributed by atoms with Crippen LogP contribution in [-0.2, 0) is 9.59 Å². The summed E-state index contributed by atoms with van der Waals surface area (Å²) in [7, 11) is 0. The van der Waals surface area contributed by atoms with Gasteiger partial charge in [0, 0.05) is 11.4 Å². The third kappa shape index (κ3) is 6.06. The minimum Gasteiger partial charge on any atom is -0.480 e. The van der Waals surface area contributed by atoms with Gasteiger partial charge in [-0.3, -0.25) is 9.59 Å². The zero-order chi connectivity index (χ0) is 15.1. The highest BCUT2D eigenvalue weighted by molar-refractivity contribution is 8.00. The number of thioether (sulfide) groups is 1. The molecule has 110 valence electrons. The second kappa shape index (κ2) is 7.89. The van der Waals surface area contributed by atoms with E-state index in [4.69, 9.17) is 5.11 Å². The van der Waals surface area contributed by atoms with E-state index < -0.39 is 5.97 Å². The van der Waals surface area contributed by atoms with Gasteiger partial charge in [-0.15, -0.1) is 11.8 Å². The Balaban J connectivity index is 2.56. The maximum Gasteiger partial charge on any atom is 0.323 e. The molecule has 0 fully saturated rings. The number of carboxylic acids is 1. The molecule has 0 aliphatic rings.